The van der Waals surface area contributed by atoms with E-state index in [9.17, 15) is 0 Å². The van der Waals surface area contributed by atoms with Gasteiger partial charge in [-0.3, -0.25) is 0 Å². The van der Waals surface area contributed by atoms with Crippen molar-refractivity contribution in [3.8, 4) is 0 Å². The molecule has 1 atom stereocenters. The Kier molecular flexibility index (Phi) is 4.14. The summed E-state index contributed by atoms with van der Waals surface area (Å²) < 4.78 is 4.30. The van der Waals surface area contributed by atoms with E-state index in [0.29, 0.717) is 0 Å². The third-order valence-electron chi connectivity index (χ3n) is 4.03. The number of imidazole rings is 1. The fraction of sp³-hybridized carbons (Fsp3) is 0.733. The maximum atomic E-state index is 6.34. The maximum Gasteiger partial charge on any atom is 0.158 e. The molecular weight excluding hydrogens is 272 g/mol. The average molecular weight is 297 g/mol. The van der Waals surface area contributed by atoms with Crippen LogP contribution in [0.2, 0.25) is 0 Å². The number of halogens is 1. The molecule has 0 aliphatic carbocycles. The van der Waals surface area contributed by atoms with E-state index in [-0.39, 0.29) is 10.8 Å². The van der Waals surface area contributed by atoms with Crippen molar-refractivity contribution in [3.63, 3.8) is 0 Å². The van der Waals surface area contributed by atoms with Crippen molar-refractivity contribution in [1.82, 2.24) is 19.3 Å². The molecule has 0 bridgehead atoms. The predicted molar refractivity (Wildman–Crippen MR) is 84.3 cm³/mol. The fourth-order valence-electron chi connectivity index (χ4n) is 2.46. The van der Waals surface area contributed by atoms with Crippen molar-refractivity contribution < 1.29 is 0 Å². The Morgan fingerprint density at radius 3 is 2.45 bits per heavy atom. The van der Waals surface area contributed by atoms with Gasteiger partial charge in [-0.2, -0.15) is 5.10 Å². The van der Waals surface area contributed by atoms with Crippen molar-refractivity contribution in [2.45, 2.75) is 66.4 Å². The van der Waals surface area contributed by atoms with E-state index in [2.05, 4.69) is 37.4 Å². The number of aryl methyl sites for hydroxylation is 2. The van der Waals surface area contributed by atoms with Crippen LogP contribution in [0.25, 0.3) is 11.2 Å². The molecule has 1 unspecified atom stereocenters. The van der Waals surface area contributed by atoms with Gasteiger partial charge in [-0.25, -0.2) is 9.67 Å². The van der Waals surface area contributed by atoms with Gasteiger partial charge < -0.3 is 4.57 Å². The minimum atomic E-state index is -0.0974. The molecule has 0 radical (unpaired) electrons. The number of alkyl halides is 1. The number of rotatable bonds is 5. The highest BCUT2D eigenvalue weighted by atomic mass is 35.5. The second-order valence-electron chi connectivity index (χ2n) is 6.26. The summed E-state index contributed by atoms with van der Waals surface area (Å²) in [6.07, 6.45) is 1.11. The Hall–Kier alpha value is -1.03. The summed E-state index contributed by atoms with van der Waals surface area (Å²) in [5.74, 6) is 0.950. The van der Waals surface area contributed by atoms with Crippen LogP contribution in [0, 0.1) is 12.3 Å². The van der Waals surface area contributed by atoms with Crippen LogP contribution in [0.3, 0.4) is 0 Å². The minimum Gasteiger partial charge on any atom is -0.311 e. The van der Waals surface area contributed by atoms with Gasteiger partial charge in [0.1, 0.15) is 11.3 Å². The van der Waals surface area contributed by atoms with Gasteiger partial charge in [0.25, 0.3) is 0 Å². The number of fused-ring (bicyclic) bond motifs is 1. The van der Waals surface area contributed by atoms with Crippen molar-refractivity contribution in [1.29, 1.82) is 0 Å². The van der Waals surface area contributed by atoms with Crippen LogP contribution in [-0.4, -0.2) is 19.3 Å². The Labute approximate surface area is 126 Å². The number of hydrogen-bond acceptors (Lipinski definition) is 2. The zero-order chi connectivity index (χ0) is 15.1. The average Bonchev–Trinajstić information content (AvgIpc) is 2.88. The van der Waals surface area contributed by atoms with E-state index in [1.807, 2.05) is 18.5 Å². The summed E-state index contributed by atoms with van der Waals surface area (Å²) in [4.78, 5) is 4.75. The molecule has 2 aromatic heterocycles. The molecule has 2 heterocycles. The zero-order valence-corrected chi connectivity index (χ0v) is 14.1. The third kappa shape index (κ3) is 2.58. The minimum absolute atomic E-state index is 0.0974. The molecule has 0 fully saturated rings. The molecule has 2 rings (SSSR count). The van der Waals surface area contributed by atoms with E-state index < -0.39 is 0 Å². The Balaban J connectivity index is 2.67. The summed E-state index contributed by atoms with van der Waals surface area (Å²) in [5.41, 5.74) is 3.29. The highest BCUT2D eigenvalue weighted by molar-refractivity contribution is 6.20. The van der Waals surface area contributed by atoms with E-state index in [0.717, 1.165) is 42.2 Å². The fourth-order valence-corrected chi connectivity index (χ4v) is 2.63. The Morgan fingerprint density at radius 2 is 1.95 bits per heavy atom. The second-order valence-corrected chi connectivity index (χ2v) is 6.92. The van der Waals surface area contributed by atoms with E-state index in [1.54, 1.807) is 0 Å². The quantitative estimate of drug-likeness (QED) is 0.771. The molecule has 0 spiro atoms. The van der Waals surface area contributed by atoms with Gasteiger partial charge in [0.05, 0.1) is 11.1 Å². The lowest BCUT2D eigenvalue weighted by molar-refractivity contribution is 0.292. The largest absolute Gasteiger partial charge is 0.311 e. The Morgan fingerprint density at radius 1 is 1.30 bits per heavy atom. The highest BCUT2D eigenvalue weighted by Gasteiger charge is 2.25. The van der Waals surface area contributed by atoms with Crippen LogP contribution in [0.1, 0.15) is 57.9 Å². The smallest absolute Gasteiger partial charge is 0.158 e. The lowest BCUT2D eigenvalue weighted by Crippen LogP contribution is -2.21. The summed E-state index contributed by atoms with van der Waals surface area (Å²) in [6.45, 7) is 14.6. The van der Waals surface area contributed by atoms with Crippen LogP contribution in [0.15, 0.2) is 0 Å². The summed E-state index contributed by atoms with van der Waals surface area (Å²) in [5, 5.41) is 4.48. The molecule has 4 nitrogen and oxygen atoms in total. The second kappa shape index (κ2) is 5.40. The van der Waals surface area contributed by atoms with Gasteiger partial charge >= 0.3 is 0 Å². The first kappa shape index (κ1) is 15.4. The van der Waals surface area contributed by atoms with Gasteiger partial charge in [0.2, 0.25) is 0 Å². The molecule has 5 heteroatoms. The zero-order valence-electron chi connectivity index (χ0n) is 13.4. The molecular formula is C15H25ClN4. The van der Waals surface area contributed by atoms with Crippen LogP contribution in [-0.2, 0) is 13.1 Å². The first-order chi connectivity index (χ1) is 9.30. The molecule has 0 aliphatic heterocycles. The molecule has 2 aromatic rings. The summed E-state index contributed by atoms with van der Waals surface area (Å²) >= 11 is 6.34. The van der Waals surface area contributed by atoms with Crippen LogP contribution in [0.4, 0.5) is 0 Å². The Bertz CT molecular complexity index is 607. The first-order valence-corrected chi connectivity index (χ1v) is 7.82. The molecule has 0 saturated heterocycles. The van der Waals surface area contributed by atoms with Crippen molar-refractivity contribution in [2.75, 3.05) is 0 Å². The van der Waals surface area contributed by atoms with Crippen LogP contribution in [0.5, 0.6) is 0 Å². The van der Waals surface area contributed by atoms with Gasteiger partial charge in [0.15, 0.2) is 5.65 Å². The summed E-state index contributed by atoms with van der Waals surface area (Å²) in [6, 6.07) is 0. The van der Waals surface area contributed by atoms with Crippen LogP contribution >= 0.6 is 11.6 Å². The number of aromatic nitrogens is 4. The van der Waals surface area contributed by atoms with Crippen molar-refractivity contribution >= 4 is 22.8 Å². The van der Waals surface area contributed by atoms with Gasteiger partial charge in [-0.15, -0.1) is 11.6 Å². The van der Waals surface area contributed by atoms with Gasteiger partial charge in [-0.05, 0) is 32.6 Å². The SMILES string of the molecule is CCn1nc(C)c2nc(C(C)Cl)n(CC(C)(C)CC)c21. The van der Waals surface area contributed by atoms with Crippen molar-refractivity contribution in [3.05, 3.63) is 11.5 Å². The van der Waals surface area contributed by atoms with Crippen molar-refractivity contribution in [2.24, 2.45) is 5.41 Å². The monoisotopic (exact) mass is 296 g/mol. The first-order valence-electron chi connectivity index (χ1n) is 7.38. The van der Waals surface area contributed by atoms with E-state index in [4.69, 9.17) is 16.6 Å². The highest BCUT2D eigenvalue weighted by Crippen LogP contribution is 2.31. The molecule has 0 aliphatic rings. The van der Waals surface area contributed by atoms with Gasteiger partial charge in [-0.1, -0.05) is 20.8 Å². The number of hydrogen-bond donors (Lipinski definition) is 0. The molecule has 0 saturated carbocycles. The standard InChI is InChI=1S/C15H25ClN4/c1-7-15(5,6)9-19-13(10(3)16)17-12-11(4)18-20(8-2)14(12)19/h10H,7-9H2,1-6H3. The lowest BCUT2D eigenvalue weighted by atomic mass is 9.90. The molecule has 0 amide bonds. The van der Waals surface area contributed by atoms with E-state index >= 15 is 0 Å². The number of nitrogens with zero attached hydrogens (tertiary/aromatic N) is 4. The summed E-state index contributed by atoms with van der Waals surface area (Å²) in [7, 11) is 0. The lowest BCUT2D eigenvalue weighted by Gasteiger charge is -2.25. The third-order valence-corrected chi connectivity index (χ3v) is 4.22. The van der Waals surface area contributed by atoms with Gasteiger partial charge in [0, 0.05) is 13.1 Å². The molecule has 0 aromatic carbocycles. The molecule has 0 N–H and O–H groups in total. The van der Waals surface area contributed by atoms with Crippen LogP contribution < -0.4 is 0 Å². The predicted octanol–water partition coefficient (Wildman–Crippen LogP) is 4.30. The van der Waals surface area contributed by atoms with E-state index in [1.165, 1.54) is 0 Å². The molecule has 20 heavy (non-hydrogen) atoms. The maximum absolute atomic E-state index is 6.34. The molecule has 112 valence electrons. The topological polar surface area (TPSA) is 35.6 Å². The normalized spacial score (nSPS) is 14.2.